The van der Waals surface area contributed by atoms with E-state index in [0.717, 1.165) is 11.3 Å². The number of benzene rings is 1. The molecule has 1 aromatic heterocycles. The number of carbonyl (C=O) groups excluding carboxylic acids is 2. The van der Waals surface area contributed by atoms with Gasteiger partial charge in [-0.3, -0.25) is 4.79 Å². The van der Waals surface area contributed by atoms with E-state index in [-0.39, 0.29) is 5.78 Å². The second kappa shape index (κ2) is 7.55. The lowest BCUT2D eigenvalue weighted by molar-refractivity contribution is 0.0525. The molecule has 5 nitrogen and oxygen atoms in total. The van der Waals surface area contributed by atoms with Crippen molar-refractivity contribution in [3.05, 3.63) is 51.8 Å². The van der Waals surface area contributed by atoms with Gasteiger partial charge in [-0.25, -0.2) is 4.79 Å². The summed E-state index contributed by atoms with van der Waals surface area (Å²) in [6.07, 6.45) is 0. The van der Waals surface area contributed by atoms with E-state index >= 15 is 0 Å². The van der Waals surface area contributed by atoms with Crippen LogP contribution in [0, 0.1) is 27.7 Å². The molecule has 1 atom stereocenters. The topological polar surface area (TPSA) is 71.2 Å². The highest BCUT2D eigenvalue weighted by Gasteiger charge is 2.25. The summed E-state index contributed by atoms with van der Waals surface area (Å²) >= 11 is 0. The van der Waals surface area contributed by atoms with Gasteiger partial charge in [-0.15, -0.1) is 0 Å². The Labute approximate surface area is 148 Å². The Morgan fingerprint density at radius 3 is 2.48 bits per heavy atom. The molecule has 0 bridgehead atoms. The first-order chi connectivity index (χ1) is 11.8. The summed E-state index contributed by atoms with van der Waals surface area (Å²) in [6.45, 7) is 11.5. The number of hydrogen-bond acceptors (Lipinski definition) is 4. The highest BCUT2D eigenvalue weighted by Crippen LogP contribution is 2.22. The molecule has 0 aliphatic carbocycles. The molecule has 2 rings (SSSR count). The van der Waals surface area contributed by atoms with Crippen LogP contribution < -0.4 is 5.32 Å². The lowest BCUT2D eigenvalue weighted by Crippen LogP contribution is -2.27. The molecule has 1 unspecified atom stereocenters. The minimum absolute atomic E-state index is 0.0869. The standard InChI is InChI=1S/C20H26N2O3/c1-7-25-20(24)17-13(4)18(22-14(17)5)19(23)15(6)21-16-9-8-11(2)10-12(16)3/h8-10,15,21-22H,7H2,1-6H3. The molecular weight excluding hydrogens is 316 g/mol. The van der Waals surface area contributed by atoms with E-state index in [4.69, 9.17) is 4.74 Å². The summed E-state index contributed by atoms with van der Waals surface area (Å²) in [7, 11) is 0. The Morgan fingerprint density at radius 2 is 1.88 bits per heavy atom. The van der Waals surface area contributed by atoms with Gasteiger partial charge < -0.3 is 15.0 Å². The molecule has 0 fully saturated rings. The highest BCUT2D eigenvalue weighted by molar-refractivity contribution is 6.04. The second-order valence-corrected chi connectivity index (χ2v) is 6.39. The Bertz CT molecular complexity index is 806. The Balaban J connectivity index is 2.25. The van der Waals surface area contributed by atoms with E-state index in [2.05, 4.69) is 16.4 Å². The number of nitrogens with one attached hydrogen (secondary N) is 2. The van der Waals surface area contributed by atoms with Crippen LogP contribution in [0.4, 0.5) is 5.69 Å². The minimum Gasteiger partial charge on any atom is -0.462 e. The molecule has 1 heterocycles. The molecule has 1 aromatic carbocycles. The van der Waals surface area contributed by atoms with Crippen molar-refractivity contribution in [1.29, 1.82) is 0 Å². The number of esters is 1. The van der Waals surface area contributed by atoms with Crippen LogP contribution in [0.1, 0.15) is 57.1 Å². The largest absolute Gasteiger partial charge is 0.462 e. The van der Waals surface area contributed by atoms with Crippen molar-refractivity contribution in [3.63, 3.8) is 0 Å². The molecule has 0 spiro atoms. The van der Waals surface area contributed by atoms with Crippen LogP contribution in [0.2, 0.25) is 0 Å². The van der Waals surface area contributed by atoms with Crippen molar-refractivity contribution in [2.75, 3.05) is 11.9 Å². The summed E-state index contributed by atoms with van der Waals surface area (Å²) in [5.74, 6) is -0.487. The molecule has 0 amide bonds. The van der Waals surface area contributed by atoms with Crippen LogP contribution in [0.25, 0.3) is 0 Å². The molecule has 2 N–H and O–H groups in total. The predicted octanol–water partition coefficient (Wildman–Crippen LogP) is 4.11. The lowest BCUT2D eigenvalue weighted by Gasteiger charge is -2.16. The average Bonchev–Trinajstić information content (AvgIpc) is 2.84. The lowest BCUT2D eigenvalue weighted by atomic mass is 10.0. The fourth-order valence-corrected chi connectivity index (χ4v) is 3.00. The molecule has 0 saturated heterocycles. The zero-order chi connectivity index (χ0) is 18.7. The van der Waals surface area contributed by atoms with Crippen LogP contribution in [-0.2, 0) is 4.74 Å². The molecular formula is C20H26N2O3. The van der Waals surface area contributed by atoms with Crippen LogP contribution in [-0.4, -0.2) is 29.4 Å². The third-order valence-corrected chi connectivity index (χ3v) is 4.31. The van der Waals surface area contributed by atoms with Gasteiger partial charge in [0, 0.05) is 11.4 Å². The molecule has 134 valence electrons. The maximum absolute atomic E-state index is 12.8. The monoisotopic (exact) mass is 342 g/mol. The van der Waals surface area contributed by atoms with Crippen molar-refractivity contribution in [1.82, 2.24) is 4.98 Å². The molecule has 0 aliphatic heterocycles. The maximum atomic E-state index is 12.8. The van der Waals surface area contributed by atoms with E-state index in [9.17, 15) is 9.59 Å². The predicted molar refractivity (Wildman–Crippen MR) is 99.6 cm³/mol. The summed E-state index contributed by atoms with van der Waals surface area (Å²) in [4.78, 5) is 28.0. The fourth-order valence-electron chi connectivity index (χ4n) is 3.00. The van der Waals surface area contributed by atoms with Crippen molar-refractivity contribution in [2.24, 2.45) is 0 Å². The first-order valence-corrected chi connectivity index (χ1v) is 8.50. The van der Waals surface area contributed by atoms with Gasteiger partial charge in [0.25, 0.3) is 0 Å². The van der Waals surface area contributed by atoms with E-state index in [1.807, 2.05) is 32.9 Å². The third kappa shape index (κ3) is 3.92. The quantitative estimate of drug-likeness (QED) is 0.612. The fraction of sp³-hybridized carbons (Fsp3) is 0.400. The Kier molecular flexibility index (Phi) is 5.67. The van der Waals surface area contributed by atoms with Gasteiger partial charge in [-0.1, -0.05) is 17.7 Å². The minimum atomic E-state index is -0.423. The number of carbonyl (C=O) groups is 2. The van der Waals surface area contributed by atoms with Gasteiger partial charge in [-0.05, 0) is 58.7 Å². The van der Waals surface area contributed by atoms with Gasteiger partial charge in [0.1, 0.15) is 0 Å². The maximum Gasteiger partial charge on any atom is 0.340 e. The van der Waals surface area contributed by atoms with Crippen molar-refractivity contribution >= 4 is 17.4 Å². The summed E-state index contributed by atoms with van der Waals surface area (Å²) in [6, 6.07) is 5.64. The Hall–Kier alpha value is -2.56. The number of ketones is 1. The van der Waals surface area contributed by atoms with Crippen LogP contribution in [0.3, 0.4) is 0 Å². The third-order valence-electron chi connectivity index (χ3n) is 4.31. The molecule has 0 radical (unpaired) electrons. The molecule has 2 aromatic rings. The smallest absolute Gasteiger partial charge is 0.340 e. The molecule has 5 heteroatoms. The van der Waals surface area contributed by atoms with E-state index < -0.39 is 12.0 Å². The Morgan fingerprint density at radius 1 is 1.20 bits per heavy atom. The zero-order valence-corrected chi connectivity index (χ0v) is 15.7. The number of hydrogen-bond donors (Lipinski definition) is 2. The van der Waals surface area contributed by atoms with Crippen LogP contribution in [0.5, 0.6) is 0 Å². The van der Waals surface area contributed by atoms with Crippen LogP contribution >= 0.6 is 0 Å². The number of anilines is 1. The number of rotatable bonds is 6. The summed E-state index contributed by atoms with van der Waals surface area (Å²) < 4.78 is 5.08. The van der Waals surface area contributed by atoms with Gasteiger partial charge in [-0.2, -0.15) is 0 Å². The number of aromatic nitrogens is 1. The van der Waals surface area contributed by atoms with Crippen molar-refractivity contribution in [3.8, 4) is 0 Å². The first kappa shape index (κ1) is 18.8. The van der Waals surface area contributed by atoms with Crippen LogP contribution in [0.15, 0.2) is 18.2 Å². The molecule has 0 aliphatic rings. The molecule has 0 saturated carbocycles. The number of ether oxygens (including phenoxy) is 1. The second-order valence-electron chi connectivity index (χ2n) is 6.39. The normalized spacial score (nSPS) is 11.9. The molecule has 25 heavy (non-hydrogen) atoms. The van der Waals surface area contributed by atoms with Gasteiger partial charge in [0.15, 0.2) is 0 Å². The van der Waals surface area contributed by atoms with Crippen molar-refractivity contribution in [2.45, 2.75) is 47.6 Å². The SMILES string of the molecule is CCOC(=O)c1c(C)[nH]c(C(=O)C(C)Nc2ccc(C)cc2C)c1C. The van der Waals surface area contributed by atoms with Gasteiger partial charge in [0.2, 0.25) is 5.78 Å². The average molecular weight is 342 g/mol. The van der Waals surface area contributed by atoms with Crippen molar-refractivity contribution < 1.29 is 14.3 Å². The van der Waals surface area contributed by atoms with E-state index in [0.29, 0.717) is 29.1 Å². The number of Topliss-reactive ketones (excluding diaryl/α,β-unsaturated/α-hetero) is 1. The van der Waals surface area contributed by atoms with E-state index in [1.165, 1.54) is 5.56 Å². The van der Waals surface area contributed by atoms with Gasteiger partial charge in [0.05, 0.1) is 23.9 Å². The number of aromatic amines is 1. The number of aryl methyl sites for hydroxylation is 3. The van der Waals surface area contributed by atoms with Gasteiger partial charge >= 0.3 is 5.97 Å². The zero-order valence-electron chi connectivity index (χ0n) is 15.7. The first-order valence-electron chi connectivity index (χ1n) is 8.50. The highest BCUT2D eigenvalue weighted by atomic mass is 16.5. The summed E-state index contributed by atoms with van der Waals surface area (Å²) in [5, 5.41) is 3.26. The summed E-state index contributed by atoms with van der Waals surface area (Å²) in [5.41, 5.74) is 5.38. The van der Waals surface area contributed by atoms with E-state index in [1.54, 1.807) is 20.8 Å². The number of H-pyrrole nitrogens is 1.